The Labute approximate surface area is 149 Å². The van der Waals surface area contributed by atoms with Crippen molar-refractivity contribution in [2.75, 3.05) is 24.8 Å². The number of anilines is 1. The standard InChI is InChI=1S/C19H18N2O3S/c1-25-15-4-2-14(3-5-15)20-11-13-8-12-9-17-18(24-7-6-23-17)10-16(12)21-19(13)22/h2-5,8-10,20H,6-7,11H2,1H3,(H,21,22). The van der Waals surface area contributed by atoms with E-state index in [1.807, 2.05) is 36.6 Å². The molecule has 5 nitrogen and oxygen atoms in total. The molecule has 0 aliphatic carbocycles. The number of hydrogen-bond acceptors (Lipinski definition) is 5. The van der Waals surface area contributed by atoms with Crippen molar-refractivity contribution in [1.29, 1.82) is 0 Å². The minimum absolute atomic E-state index is 0.0996. The predicted molar refractivity (Wildman–Crippen MR) is 101 cm³/mol. The first-order chi connectivity index (χ1) is 12.2. The van der Waals surface area contributed by atoms with E-state index in [0.29, 0.717) is 31.1 Å². The second kappa shape index (κ2) is 6.72. The molecule has 2 N–H and O–H groups in total. The van der Waals surface area contributed by atoms with Crippen molar-refractivity contribution >= 4 is 28.4 Å². The summed E-state index contributed by atoms with van der Waals surface area (Å²) in [6.07, 6.45) is 2.05. The van der Waals surface area contributed by atoms with Crippen LogP contribution in [0.4, 0.5) is 5.69 Å². The van der Waals surface area contributed by atoms with E-state index in [-0.39, 0.29) is 5.56 Å². The van der Waals surface area contributed by atoms with E-state index in [0.717, 1.165) is 22.3 Å². The van der Waals surface area contributed by atoms with Crippen LogP contribution in [0, 0.1) is 0 Å². The number of fused-ring (bicyclic) bond motifs is 2. The fourth-order valence-electron chi connectivity index (χ4n) is 2.83. The van der Waals surface area contributed by atoms with E-state index in [9.17, 15) is 4.79 Å². The molecule has 0 bridgehead atoms. The highest BCUT2D eigenvalue weighted by molar-refractivity contribution is 7.98. The molecule has 2 heterocycles. The van der Waals surface area contributed by atoms with Crippen molar-refractivity contribution in [3.8, 4) is 11.5 Å². The average Bonchev–Trinajstić information content (AvgIpc) is 2.65. The highest BCUT2D eigenvalue weighted by Gasteiger charge is 2.14. The van der Waals surface area contributed by atoms with E-state index in [1.54, 1.807) is 11.8 Å². The van der Waals surface area contributed by atoms with E-state index in [2.05, 4.69) is 22.4 Å². The molecule has 0 unspecified atom stereocenters. The number of hydrogen-bond donors (Lipinski definition) is 2. The maximum atomic E-state index is 12.4. The molecule has 1 aliphatic heterocycles. The molecule has 2 aromatic carbocycles. The van der Waals surface area contributed by atoms with Gasteiger partial charge in [0.05, 0.1) is 5.52 Å². The molecule has 0 spiro atoms. The van der Waals surface area contributed by atoms with Gasteiger partial charge in [-0.1, -0.05) is 0 Å². The largest absolute Gasteiger partial charge is 0.486 e. The van der Waals surface area contributed by atoms with Gasteiger partial charge in [0.25, 0.3) is 5.56 Å². The van der Waals surface area contributed by atoms with Crippen molar-refractivity contribution < 1.29 is 9.47 Å². The molecule has 3 aromatic rings. The first-order valence-corrected chi connectivity index (χ1v) is 9.29. The molecule has 4 rings (SSSR count). The number of pyridine rings is 1. The molecule has 1 aromatic heterocycles. The molecule has 0 radical (unpaired) electrons. The number of nitrogens with one attached hydrogen (secondary N) is 2. The summed E-state index contributed by atoms with van der Waals surface area (Å²) in [6, 6.07) is 13.8. The molecular weight excluding hydrogens is 336 g/mol. The molecule has 0 saturated heterocycles. The maximum absolute atomic E-state index is 12.4. The summed E-state index contributed by atoms with van der Waals surface area (Å²) in [6.45, 7) is 1.53. The van der Waals surface area contributed by atoms with Crippen molar-refractivity contribution in [2.24, 2.45) is 0 Å². The Balaban J connectivity index is 1.60. The molecule has 0 atom stereocenters. The van der Waals surface area contributed by atoms with Crippen LogP contribution in [0.5, 0.6) is 11.5 Å². The van der Waals surface area contributed by atoms with Crippen LogP contribution in [0.25, 0.3) is 10.9 Å². The van der Waals surface area contributed by atoms with Crippen LogP contribution in [0.15, 0.2) is 52.2 Å². The third-order valence-electron chi connectivity index (χ3n) is 4.16. The van der Waals surface area contributed by atoms with Gasteiger partial charge in [-0.3, -0.25) is 4.79 Å². The summed E-state index contributed by atoms with van der Waals surface area (Å²) in [4.78, 5) is 16.5. The normalized spacial score (nSPS) is 13.0. The van der Waals surface area contributed by atoms with Gasteiger partial charge in [-0.25, -0.2) is 0 Å². The second-order valence-electron chi connectivity index (χ2n) is 5.79. The number of ether oxygens (including phenoxy) is 2. The number of aromatic nitrogens is 1. The van der Waals surface area contributed by atoms with Crippen LogP contribution in [0.2, 0.25) is 0 Å². The van der Waals surface area contributed by atoms with E-state index in [1.165, 1.54) is 4.90 Å². The van der Waals surface area contributed by atoms with Crippen molar-refractivity contribution in [1.82, 2.24) is 4.98 Å². The van der Waals surface area contributed by atoms with Crippen LogP contribution < -0.4 is 20.3 Å². The number of aromatic amines is 1. The molecular formula is C19H18N2O3S. The van der Waals surface area contributed by atoms with E-state index < -0.39 is 0 Å². The van der Waals surface area contributed by atoms with Crippen LogP contribution in [0.1, 0.15) is 5.56 Å². The molecule has 25 heavy (non-hydrogen) atoms. The highest BCUT2D eigenvalue weighted by atomic mass is 32.2. The van der Waals surface area contributed by atoms with Gasteiger partial charge in [0, 0.05) is 34.1 Å². The van der Waals surface area contributed by atoms with Crippen LogP contribution >= 0.6 is 11.8 Å². The zero-order valence-corrected chi connectivity index (χ0v) is 14.6. The summed E-state index contributed by atoms with van der Waals surface area (Å²) >= 11 is 1.70. The first kappa shape index (κ1) is 15.9. The average molecular weight is 354 g/mol. The summed E-state index contributed by atoms with van der Waals surface area (Å²) in [7, 11) is 0. The number of thioether (sulfide) groups is 1. The predicted octanol–water partition coefficient (Wildman–Crippen LogP) is 3.63. The van der Waals surface area contributed by atoms with Gasteiger partial charge < -0.3 is 19.8 Å². The summed E-state index contributed by atoms with van der Waals surface area (Å²) in [5, 5.41) is 4.22. The maximum Gasteiger partial charge on any atom is 0.253 e. The van der Waals surface area contributed by atoms with Crippen LogP contribution in [-0.4, -0.2) is 24.5 Å². The number of rotatable bonds is 4. The second-order valence-corrected chi connectivity index (χ2v) is 6.67. The van der Waals surface area contributed by atoms with Gasteiger partial charge >= 0.3 is 0 Å². The highest BCUT2D eigenvalue weighted by Crippen LogP contribution is 2.33. The molecule has 0 fully saturated rings. The van der Waals surface area contributed by atoms with Crippen LogP contribution in [0.3, 0.4) is 0 Å². The Kier molecular flexibility index (Phi) is 4.28. The van der Waals surface area contributed by atoms with Gasteiger partial charge in [0.2, 0.25) is 0 Å². The summed E-state index contributed by atoms with van der Waals surface area (Å²) in [5.74, 6) is 1.39. The lowest BCUT2D eigenvalue weighted by Crippen LogP contribution is -2.17. The SMILES string of the molecule is CSc1ccc(NCc2cc3cc4c(cc3[nH]c2=O)OCCO4)cc1. The molecule has 6 heteroatoms. The van der Waals surface area contributed by atoms with Gasteiger partial charge in [-0.05, 0) is 42.7 Å². The monoisotopic (exact) mass is 354 g/mol. The Bertz CT molecular complexity index is 967. The lowest BCUT2D eigenvalue weighted by molar-refractivity contribution is 0.172. The minimum Gasteiger partial charge on any atom is -0.486 e. The Morgan fingerprint density at radius 3 is 2.52 bits per heavy atom. The zero-order chi connectivity index (χ0) is 17.2. The van der Waals surface area contributed by atoms with Crippen LogP contribution in [-0.2, 0) is 6.54 Å². The number of H-pyrrole nitrogens is 1. The third kappa shape index (κ3) is 3.30. The molecule has 0 saturated carbocycles. The Morgan fingerprint density at radius 1 is 1.08 bits per heavy atom. The topological polar surface area (TPSA) is 63.4 Å². The molecule has 128 valence electrons. The first-order valence-electron chi connectivity index (χ1n) is 8.06. The Morgan fingerprint density at radius 2 is 1.80 bits per heavy atom. The summed E-state index contributed by atoms with van der Waals surface area (Å²) in [5.41, 5.74) is 2.32. The van der Waals surface area contributed by atoms with Gasteiger partial charge in [0.15, 0.2) is 11.5 Å². The lowest BCUT2D eigenvalue weighted by Gasteiger charge is -2.19. The lowest BCUT2D eigenvalue weighted by atomic mass is 10.1. The fourth-order valence-corrected chi connectivity index (χ4v) is 3.23. The van der Waals surface area contributed by atoms with Crippen molar-refractivity contribution in [3.63, 3.8) is 0 Å². The van der Waals surface area contributed by atoms with Crippen molar-refractivity contribution in [2.45, 2.75) is 11.4 Å². The smallest absolute Gasteiger partial charge is 0.253 e. The fraction of sp³-hybridized carbons (Fsp3) is 0.211. The van der Waals surface area contributed by atoms with E-state index >= 15 is 0 Å². The van der Waals surface area contributed by atoms with E-state index in [4.69, 9.17) is 9.47 Å². The Hall–Kier alpha value is -2.60. The van der Waals surface area contributed by atoms with Gasteiger partial charge in [-0.15, -0.1) is 11.8 Å². The molecule has 1 aliphatic rings. The quantitative estimate of drug-likeness (QED) is 0.701. The zero-order valence-electron chi connectivity index (χ0n) is 13.8. The van der Waals surface area contributed by atoms with Gasteiger partial charge in [-0.2, -0.15) is 0 Å². The summed E-state index contributed by atoms with van der Waals surface area (Å²) < 4.78 is 11.2. The molecule has 0 amide bonds. The van der Waals surface area contributed by atoms with Crippen molar-refractivity contribution in [3.05, 3.63) is 58.4 Å². The minimum atomic E-state index is -0.0996. The van der Waals surface area contributed by atoms with Gasteiger partial charge in [0.1, 0.15) is 13.2 Å². The third-order valence-corrected chi connectivity index (χ3v) is 4.90. The number of benzene rings is 2.